The maximum atomic E-state index is 13.1. The Bertz CT molecular complexity index is 1360. The van der Waals surface area contributed by atoms with Gasteiger partial charge in [0.05, 0.1) is 11.1 Å². The lowest BCUT2D eigenvalue weighted by Crippen LogP contribution is -2.41. The molecule has 1 fully saturated rings. The third kappa shape index (κ3) is 6.83. The Balaban J connectivity index is 1.37. The lowest BCUT2D eigenvalue weighted by atomic mass is 9.66. The third-order valence-electron chi connectivity index (χ3n) is 7.84. The first-order valence-corrected chi connectivity index (χ1v) is 12.8. The van der Waals surface area contributed by atoms with Crippen LogP contribution in [0.3, 0.4) is 0 Å². The minimum Gasteiger partial charge on any atom is -0.385 e. The van der Waals surface area contributed by atoms with Crippen molar-refractivity contribution in [1.29, 1.82) is 0 Å². The number of hydrogen-bond donors (Lipinski definition) is 2. The molecule has 4 rings (SSSR count). The van der Waals surface area contributed by atoms with E-state index >= 15 is 0 Å². The first-order chi connectivity index (χ1) is 18.7. The summed E-state index contributed by atoms with van der Waals surface area (Å²) in [5, 5.41) is 13.2. The Morgan fingerprint density at radius 3 is 2.40 bits per heavy atom. The molecule has 40 heavy (non-hydrogen) atoms. The summed E-state index contributed by atoms with van der Waals surface area (Å²) in [5.41, 5.74) is -1.63. The fourth-order valence-corrected chi connectivity index (χ4v) is 5.41. The van der Waals surface area contributed by atoms with Gasteiger partial charge in [-0.25, -0.2) is 4.98 Å². The van der Waals surface area contributed by atoms with Gasteiger partial charge in [-0.15, -0.1) is 0 Å². The van der Waals surface area contributed by atoms with Crippen molar-refractivity contribution < 1.29 is 41.0 Å². The molecule has 1 aliphatic carbocycles. The fraction of sp³-hybridized carbons (Fsp3) is 0.464. The molecule has 12 heteroatoms. The van der Waals surface area contributed by atoms with Gasteiger partial charge in [-0.3, -0.25) is 4.79 Å². The van der Waals surface area contributed by atoms with Gasteiger partial charge < -0.3 is 19.6 Å². The highest BCUT2D eigenvalue weighted by Gasteiger charge is 2.38. The molecule has 1 amide bonds. The average molecular weight is 570 g/mol. The van der Waals surface area contributed by atoms with Crippen molar-refractivity contribution in [1.82, 2.24) is 14.7 Å². The number of hydrogen-bond acceptors (Lipinski definition) is 4. The van der Waals surface area contributed by atoms with E-state index in [-0.39, 0.29) is 35.6 Å². The molecule has 1 aromatic carbocycles. The Morgan fingerprint density at radius 1 is 1.12 bits per heavy atom. The average Bonchev–Trinajstić information content (AvgIpc) is 3.34. The van der Waals surface area contributed by atoms with Crippen LogP contribution in [0, 0.1) is 17.3 Å². The number of pyridine rings is 1. The zero-order valence-corrected chi connectivity index (χ0v) is 21.6. The maximum Gasteiger partial charge on any atom is 0.416 e. The van der Waals surface area contributed by atoms with Crippen molar-refractivity contribution in [3.8, 4) is 0 Å². The summed E-state index contributed by atoms with van der Waals surface area (Å²) in [4.78, 5) is 28.2. The first kappa shape index (κ1) is 29.6. The standard InChI is InChI=1S/C28H29F6N3O3/c1-26(16-35-25(40)22-14-37-10-7-20(28(32,33)34)13-24(37)36-22)8-5-18(6-9-26)21(23(39)15-38)12-17-3-2-4-19(11-17)27(29,30)31/h2-4,7,10-11,13-15,18,21,23,39H,5-6,8-9,12,16H2,1H3,(H,35,40)/t18?,21-,23?,26?/m1/s1. The number of aromatic nitrogens is 2. The van der Waals surface area contributed by atoms with Crippen molar-refractivity contribution in [2.75, 3.05) is 6.54 Å². The molecule has 1 unspecified atom stereocenters. The van der Waals surface area contributed by atoms with Gasteiger partial charge in [0.25, 0.3) is 5.91 Å². The summed E-state index contributed by atoms with van der Waals surface area (Å²) in [6, 6.07) is 6.63. The molecule has 0 bridgehead atoms. The maximum absolute atomic E-state index is 13.1. The highest BCUT2D eigenvalue weighted by molar-refractivity contribution is 5.92. The molecule has 6 nitrogen and oxygen atoms in total. The van der Waals surface area contributed by atoms with Crippen molar-refractivity contribution in [2.24, 2.45) is 17.3 Å². The van der Waals surface area contributed by atoms with Crippen LogP contribution >= 0.6 is 0 Å². The quantitative estimate of drug-likeness (QED) is 0.269. The summed E-state index contributed by atoms with van der Waals surface area (Å²) in [6.07, 6.45) is -4.84. The van der Waals surface area contributed by atoms with Crippen molar-refractivity contribution in [3.63, 3.8) is 0 Å². The number of alkyl halides is 6. The molecular weight excluding hydrogens is 540 g/mol. The lowest BCUT2D eigenvalue weighted by molar-refractivity contribution is -0.138. The van der Waals surface area contributed by atoms with Gasteiger partial charge in [-0.1, -0.05) is 25.1 Å². The number of nitrogens with zero attached hydrogens (tertiary/aromatic N) is 2. The SMILES string of the molecule is CC1(CNC(=O)c2cn3ccc(C(F)(F)F)cc3n2)CCC([C@@H](Cc2cccc(C(F)(F)F)c2)C(O)C=O)CC1. The molecule has 0 saturated heterocycles. The zero-order chi connectivity index (χ0) is 29.3. The van der Waals surface area contributed by atoms with E-state index in [1.54, 1.807) is 6.07 Å². The highest BCUT2D eigenvalue weighted by atomic mass is 19.4. The largest absolute Gasteiger partial charge is 0.416 e. The van der Waals surface area contributed by atoms with E-state index in [1.807, 2.05) is 6.92 Å². The number of halogens is 6. The molecule has 0 spiro atoms. The second-order valence-corrected chi connectivity index (χ2v) is 10.8. The van der Waals surface area contributed by atoms with E-state index in [2.05, 4.69) is 10.3 Å². The van der Waals surface area contributed by atoms with Gasteiger partial charge in [0.15, 0.2) is 0 Å². The second-order valence-electron chi connectivity index (χ2n) is 10.8. The van der Waals surface area contributed by atoms with E-state index < -0.39 is 41.4 Å². The Morgan fingerprint density at radius 2 is 1.77 bits per heavy atom. The van der Waals surface area contributed by atoms with Crippen molar-refractivity contribution in [3.05, 3.63) is 71.2 Å². The number of fused-ring (bicyclic) bond motifs is 1. The molecule has 0 radical (unpaired) electrons. The van der Waals surface area contributed by atoms with Crippen LogP contribution in [0.15, 0.2) is 48.8 Å². The van der Waals surface area contributed by atoms with E-state index in [1.165, 1.54) is 22.9 Å². The number of nitrogens with one attached hydrogen (secondary N) is 1. The predicted octanol–water partition coefficient (Wildman–Crippen LogP) is 5.72. The van der Waals surface area contributed by atoms with Crippen LogP contribution in [0.2, 0.25) is 0 Å². The Kier molecular flexibility index (Phi) is 8.30. The van der Waals surface area contributed by atoms with E-state index in [9.17, 15) is 41.0 Å². The number of aliphatic hydroxyl groups excluding tert-OH is 1. The number of carbonyl (C=O) groups excluding carboxylic acids is 2. The monoisotopic (exact) mass is 569 g/mol. The van der Waals surface area contributed by atoms with Crippen LogP contribution in [0.4, 0.5) is 26.3 Å². The van der Waals surface area contributed by atoms with E-state index in [0.717, 1.165) is 24.3 Å². The summed E-state index contributed by atoms with van der Waals surface area (Å²) in [6.45, 7) is 2.25. The molecule has 2 heterocycles. The van der Waals surface area contributed by atoms with Gasteiger partial charge >= 0.3 is 12.4 Å². The minimum atomic E-state index is -4.53. The van der Waals surface area contributed by atoms with Crippen LogP contribution < -0.4 is 5.32 Å². The normalized spacial score (nSPS) is 21.6. The molecule has 1 saturated carbocycles. The Hall–Kier alpha value is -3.41. The van der Waals surface area contributed by atoms with Crippen LogP contribution in [0.5, 0.6) is 0 Å². The molecule has 0 aliphatic heterocycles. The van der Waals surface area contributed by atoms with Gasteiger partial charge in [0, 0.05) is 18.9 Å². The molecule has 2 atom stereocenters. The van der Waals surface area contributed by atoms with Gasteiger partial charge in [0.2, 0.25) is 0 Å². The lowest BCUT2D eigenvalue weighted by Gasteiger charge is -2.41. The second kappa shape index (κ2) is 11.2. The van der Waals surface area contributed by atoms with Gasteiger partial charge in [-0.05, 0) is 73.1 Å². The molecular formula is C28H29F6N3O3. The fourth-order valence-electron chi connectivity index (χ4n) is 5.41. The zero-order valence-electron chi connectivity index (χ0n) is 21.6. The van der Waals surface area contributed by atoms with Crippen molar-refractivity contribution in [2.45, 2.75) is 57.5 Å². The molecule has 2 aromatic heterocycles. The summed E-state index contributed by atoms with van der Waals surface area (Å²) in [5.74, 6) is -1.20. The van der Waals surface area contributed by atoms with Crippen LogP contribution in [-0.2, 0) is 23.6 Å². The molecule has 1 aliphatic rings. The van der Waals surface area contributed by atoms with Gasteiger partial charge in [0.1, 0.15) is 23.7 Å². The summed E-state index contributed by atoms with van der Waals surface area (Å²) < 4.78 is 79.7. The number of benzene rings is 1. The molecule has 216 valence electrons. The first-order valence-electron chi connectivity index (χ1n) is 12.8. The van der Waals surface area contributed by atoms with Crippen LogP contribution in [0.1, 0.15) is 59.8 Å². The van der Waals surface area contributed by atoms with E-state index in [4.69, 9.17) is 0 Å². The minimum absolute atomic E-state index is 0.00718. The topological polar surface area (TPSA) is 83.7 Å². The Labute approximate surface area is 226 Å². The third-order valence-corrected chi connectivity index (χ3v) is 7.84. The smallest absolute Gasteiger partial charge is 0.385 e. The number of rotatable bonds is 8. The highest BCUT2D eigenvalue weighted by Crippen LogP contribution is 2.43. The van der Waals surface area contributed by atoms with Gasteiger partial charge in [-0.2, -0.15) is 26.3 Å². The molecule has 3 aromatic rings. The number of aldehydes is 1. The number of aliphatic hydroxyl groups is 1. The van der Waals surface area contributed by atoms with Crippen LogP contribution in [-0.4, -0.2) is 39.3 Å². The van der Waals surface area contributed by atoms with E-state index in [0.29, 0.717) is 37.5 Å². The number of amides is 1. The summed E-state index contributed by atoms with van der Waals surface area (Å²) in [7, 11) is 0. The van der Waals surface area contributed by atoms with Crippen molar-refractivity contribution >= 4 is 17.8 Å². The summed E-state index contributed by atoms with van der Waals surface area (Å²) >= 11 is 0. The number of carbonyl (C=O) groups is 2. The molecule has 2 N–H and O–H groups in total. The predicted molar refractivity (Wildman–Crippen MR) is 133 cm³/mol. The number of imidazole rings is 1. The van der Waals surface area contributed by atoms with Crippen LogP contribution in [0.25, 0.3) is 5.65 Å².